The van der Waals surface area contributed by atoms with Gasteiger partial charge in [-0.25, -0.2) is 22.9 Å². The standard InChI is InChI=1S/C11H10Cl3N3O3S/c1-6-2-3-15-17(6)11(18)16-21(19,20)10-8(13)4-7(12)5-9(10)14/h3-6H,2H2,1H3,(H,16,18). The molecule has 0 aromatic heterocycles. The van der Waals surface area contributed by atoms with Crippen LogP contribution in [0.3, 0.4) is 0 Å². The molecule has 1 N–H and O–H groups in total. The van der Waals surface area contributed by atoms with Gasteiger partial charge in [0.2, 0.25) is 0 Å². The van der Waals surface area contributed by atoms with E-state index >= 15 is 0 Å². The molecule has 6 nitrogen and oxygen atoms in total. The van der Waals surface area contributed by atoms with E-state index in [1.165, 1.54) is 18.3 Å². The van der Waals surface area contributed by atoms with E-state index in [1.807, 2.05) is 4.72 Å². The number of sulfonamides is 1. The van der Waals surface area contributed by atoms with Crippen molar-refractivity contribution in [2.24, 2.45) is 5.10 Å². The van der Waals surface area contributed by atoms with Gasteiger partial charge < -0.3 is 0 Å². The fourth-order valence-corrected chi connectivity index (χ4v) is 4.24. The van der Waals surface area contributed by atoms with Gasteiger partial charge in [0.1, 0.15) is 4.90 Å². The van der Waals surface area contributed by atoms with Crippen LogP contribution in [-0.4, -0.2) is 31.7 Å². The van der Waals surface area contributed by atoms with Crippen molar-refractivity contribution < 1.29 is 13.2 Å². The number of carbonyl (C=O) groups is 1. The van der Waals surface area contributed by atoms with Crippen LogP contribution in [-0.2, 0) is 10.0 Å². The van der Waals surface area contributed by atoms with Crippen molar-refractivity contribution in [2.45, 2.75) is 24.3 Å². The number of halogens is 3. The second-order valence-electron chi connectivity index (χ2n) is 4.34. The number of rotatable bonds is 2. The molecule has 1 aliphatic rings. The summed E-state index contributed by atoms with van der Waals surface area (Å²) in [5, 5.41) is 4.67. The SMILES string of the molecule is CC1CC=NN1C(=O)NS(=O)(=O)c1c(Cl)cc(Cl)cc1Cl. The highest BCUT2D eigenvalue weighted by Crippen LogP contribution is 2.32. The smallest absolute Gasteiger partial charge is 0.246 e. The highest BCUT2D eigenvalue weighted by atomic mass is 35.5. The summed E-state index contributed by atoms with van der Waals surface area (Å²) in [6.07, 6.45) is 2.08. The van der Waals surface area contributed by atoms with Crippen molar-refractivity contribution in [2.75, 3.05) is 0 Å². The molecule has 0 spiro atoms. The van der Waals surface area contributed by atoms with E-state index in [1.54, 1.807) is 6.92 Å². The Balaban J connectivity index is 2.31. The Kier molecular flexibility index (Phi) is 4.67. The molecule has 1 aliphatic heterocycles. The number of nitrogens with zero attached hydrogens (tertiary/aromatic N) is 2. The summed E-state index contributed by atoms with van der Waals surface area (Å²) in [5.41, 5.74) is 0. The van der Waals surface area contributed by atoms with Crippen molar-refractivity contribution in [1.82, 2.24) is 9.73 Å². The summed E-state index contributed by atoms with van der Waals surface area (Å²) < 4.78 is 26.4. The van der Waals surface area contributed by atoms with E-state index in [-0.39, 0.29) is 21.1 Å². The molecule has 0 saturated heterocycles. The molecule has 114 valence electrons. The van der Waals surface area contributed by atoms with Gasteiger partial charge in [0.05, 0.1) is 16.1 Å². The molecular weight excluding hydrogens is 361 g/mol. The molecule has 0 saturated carbocycles. The van der Waals surface area contributed by atoms with Crippen LogP contribution >= 0.6 is 34.8 Å². The van der Waals surface area contributed by atoms with Crippen LogP contribution in [0, 0.1) is 0 Å². The molecule has 2 amide bonds. The van der Waals surface area contributed by atoms with Gasteiger partial charge in [-0.05, 0) is 19.1 Å². The van der Waals surface area contributed by atoms with Crippen LogP contribution in [0.1, 0.15) is 13.3 Å². The first-order valence-electron chi connectivity index (χ1n) is 5.75. The van der Waals surface area contributed by atoms with Crippen LogP contribution in [0.2, 0.25) is 15.1 Å². The summed E-state index contributed by atoms with van der Waals surface area (Å²) in [4.78, 5) is 11.5. The number of hydrogen-bond donors (Lipinski definition) is 1. The lowest BCUT2D eigenvalue weighted by molar-refractivity contribution is 0.196. The van der Waals surface area contributed by atoms with Crippen molar-refractivity contribution in [3.8, 4) is 0 Å². The van der Waals surface area contributed by atoms with Gasteiger partial charge in [0.25, 0.3) is 10.0 Å². The summed E-state index contributed by atoms with van der Waals surface area (Å²) in [7, 11) is -4.24. The summed E-state index contributed by atoms with van der Waals surface area (Å²) in [6, 6.07) is 1.35. The lowest BCUT2D eigenvalue weighted by atomic mass is 10.3. The molecule has 10 heteroatoms. The van der Waals surface area contributed by atoms with Gasteiger partial charge in [0.15, 0.2) is 0 Å². The summed E-state index contributed by atoms with van der Waals surface area (Å²) >= 11 is 17.4. The predicted molar refractivity (Wildman–Crippen MR) is 81.6 cm³/mol. The molecule has 1 unspecified atom stereocenters. The van der Waals surface area contributed by atoms with Gasteiger partial charge in [-0.1, -0.05) is 34.8 Å². The quantitative estimate of drug-likeness (QED) is 0.868. The lowest BCUT2D eigenvalue weighted by Gasteiger charge is -2.19. The number of hydrazone groups is 1. The second kappa shape index (κ2) is 6.00. The molecule has 0 aliphatic carbocycles. The Morgan fingerprint density at radius 1 is 1.33 bits per heavy atom. The minimum Gasteiger partial charge on any atom is -0.246 e. The minimum atomic E-state index is -4.24. The maximum absolute atomic E-state index is 12.2. The van der Waals surface area contributed by atoms with Crippen LogP contribution in [0.5, 0.6) is 0 Å². The fourth-order valence-electron chi connectivity index (χ4n) is 1.75. The first-order chi connectivity index (χ1) is 9.72. The molecule has 1 heterocycles. The normalized spacial score (nSPS) is 18.1. The zero-order chi connectivity index (χ0) is 15.8. The van der Waals surface area contributed by atoms with E-state index in [0.717, 1.165) is 5.01 Å². The number of urea groups is 1. The highest BCUT2D eigenvalue weighted by molar-refractivity contribution is 7.90. The number of nitrogens with one attached hydrogen (secondary N) is 1. The number of carbonyl (C=O) groups excluding carboxylic acids is 1. The van der Waals surface area contributed by atoms with Crippen LogP contribution < -0.4 is 4.72 Å². The van der Waals surface area contributed by atoms with E-state index in [4.69, 9.17) is 34.8 Å². The van der Waals surface area contributed by atoms with Crippen molar-refractivity contribution in [3.63, 3.8) is 0 Å². The average molecular weight is 371 g/mol. The van der Waals surface area contributed by atoms with Gasteiger partial charge in [-0.15, -0.1) is 0 Å². The van der Waals surface area contributed by atoms with Crippen LogP contribution in [0.4, 0.5) is 4.79 Å². The number of hydrogen-bond acceptors (Lipinski definition) is 4. The predicted octanol–water partition coefficient (Wildman–Crippen LogP) is 3.13. The molecular formula is C11H10Cl3N3O3S. The molecule has 1 atom stereocenters. The topological polar surface area (TPSA) is 78.8 Å². The van der Waals surface area contributed by atoms with Crippen molar-refractivity contribution in [1.29, 1.82) is 0 Å². The van der Waals surface area contributed by atoms with Gasteiger partial charge >= 0.3 is 6.03 Å². The third kappa shape index (κ3) is 3.42. The molecule has 2 rings (SSSR count). The van der Waals surface area contributed by atoms with Gasteiger partial charge in [-0.2, -0.15) is 5.10 Å². The molecule has 1 aromatic carbocycles. The Morgan fingerprint density at radius 3 is 2.38 bits per heavy atom. The summed E-state index contributed by atoms with van der Waals surface area (Å²) in [6.45, 7) is 1.74. The zero-order valence-electron chi connectivity index (χ0n) is 10.7. The Labute approximate surface area is 136 Å². The van der Waals surface area contributed by atoms with E-state index < -0.39 is 20.9 Å². The average Bonchev–Trinajstić information content (AvgIpc) is 2.72. The van der Waals surface area contributed by atoms with E-state index in [2.05, 4.69) is 5.10 Å². The van der Waals surface area contributed by atoms with E-state index in [0.29, 0.717) is 6.42 Å². The number of benzene rings is 1. The largest absolute Gasteiger partial charge is 0.351 e. The van der Waals surface area contributed by atoms with Crippen LogP contribution in [0.15, 0.2) is 22.1 Å². The summed E-state index contributed by atoms with van der Waals surface area (Å²) in [5.74, 6) is 0. The third-order valence-electron chi connectivity index (χ3n) is 2.73. The zero-order valence-corrected chi connectivity index (χ0v) is 13.8. The molecule has 0 radical (unpaired) electrons. The van der Waals surface area contributed by atoms with Crippen molar-refractivity contribution in [3.05, 3.63) is 27.2 Å². The molecule has 21 heavy (non-hydrogen) atoms. The monoisotopic (exact) mass is 369 g/mol. The maximum atomic E-state index is 12.2. The first-order valence-corrected chi connectivity index (χ1v) is 8.37. The fraction of sp³-hybridized carbons (Fsp3) is 0.273. The Hall–Kier alpha value is -1.02. The Bertz CT molecular complexity index is 698. The van der Waals surface area contributed by atoms with E-state index in [9.17, 15) is 13.2 Å². The van der Waals surface area contributed by atoms with Crippen LogP contribution in [0.25, 0.3) is 0 Å². The molecule has 0 bridgehead atoms. The molecule has 1 aromatic rings. The maximum Gasteiger partial charge on any atom is 0.351 e. The minimum absolute atomic E-state index is 0.175. The van der Waals surface area contributed by atoms with Gasteiger partial charge in [0, 0.05) is 17.7 Å². The van der Waals surface area contributed by atoms with Gasteiger partial charge in [-0.3, -0.25) is 0 Å². The second-order valence-corrected chi connectivity index (χ2v) is 7.21. The highest BCUT2D eigenvalue weighted by Gasteiger charge is 2.30. The van der Waals surface area contributed by atoms with Crippen molar-refractivity contribution >= 4 is 57.1 Å². The lowest BCUT2D eigenvalue weighted by Crippen LogP contribution is -2.42. The Morgan fingerprint density at radius 2 is 1.90 bits per heavy atom. The molecule has 0 fully saturated rings. The first kappa shape index (κ1) is 16.4. The third-order valence-corrected chi connectivity index (χ3v) is 5.19. The number of amides is 2.